The van der Waals surface area contributed by atoms with Crippen molar-refractivity contribution in [1.82, 2.24) is 19.9 Å². The van der Waals surface area contributed by atoms with Crippen LogP contribution in [0.1, 0.15) is 43.6 Å². The van der Waals surface area contributed by atoms with Gasteiger partial charge in [0.2, 0.25) is 0 Å². The van der Waals surface area contributed by atoms with Gasteiger partial charge in [0, 0.05) is 41.7 Å². The van der Waals surface area contributed by atoms with Gasteiger partial charge >= 0.3 is 0 Å². The minimum Gasteiger partial charge on any atom is -0.336 e. The summed E-state index contributed by atoms with van der Waals surface area (Å²) in [5.41, 5.74) is 2.93. The molecular weight excluding hydrogens is 372 g/mol. The third kappa shape index (κ3) is 3.65. The van der Waals surface area contributed by atoms with Crippen molar-refractivity contribution in [1.29, 1.82) is 5.26 Å². The number of rotatable bonds is 6. The van der Waals surface area contributed by atoms with Crippen molar-refractivity contribution in [3.05, 3.63) is 47.5 Å². The molecule has 0 radical (unpaired) electrons. The molecule has 0 aliphatic heterocycles. The van der Waals surface area contributed by atoms with Crippen LogP contribution < -0.4 is 5.32 Å². The summed E-state index contributed by atoms with van der Waals surface area (Å²) in [6.07, 6.45) is 5.93. The van der Waals surface area contributed by atoms with Gasteiger partial charge in [0.15, 0.2) is 5.82 Å². The number of nitrogens with zero attached hydrogens (tertiary/aromatic N) is 4. The lowest BCUT2D eigenvalue weighted by molar-refractivity contribution is 0.576. The van der Waals surface area contributed by atoms with Gasteiger partial charge in [0.05, 0.1) is 11.1 Å². The second kappa shape index (κ2) is 7.58. The molecule has 2 atom stereocenters. The Morgan fingerprint density at radius 1 is 1.32 bits per heavy atom. The van der Waals surface area contributed by atoms with E-state index in [0.717, 1.165) is 17.6 Å². The average molecular weight is 395 g/mol. The van der Waals surface area contributed by atoms with Crippen molar-refractivity contribution >= 4 is 20.1 Å². The lowest BCUT2D eigenvalue weighted by Gasteiger charge is -2.16. The van der Waals surface area contributed by atoms with Crippen LogP contribution in [0.3, 0.4) is 0 Å². The standard InChI is InChI=1S/C21H23FN5P/c1-12(2)26-21(28)14-9-24-20(25-10-14)19-17(8-23)16-7-15(22)5-6-18(16)27(19)11-13-3-4-13/h5-7,9-10,12-13,21,26H,3-4,11,28H2,1-2H3. The molecule has 1 aliphatic rings. The molecule has 2 unspecified atom stereocenters. The summed E-state index contributed by atoms with van der Waals surface area (Å²) in [7, 11) is 2.75. The monoisotopic (exact) mass is 395 g/mol. The number of fused-ring (bicyclic) bond motifs is 1. The zero-order valence-corrected chi connectivity index (χ0v) is 17.1. The second-order valence-electron chi connectivity index (χ2n) is 7.69. The van der Waals surface area contributed by atoms with Gasteiger partial charge in [-0.3, -0.25) is 0 Å². The molecule has 0 saturated heterocycles. The lowest BCUT2D eigenvalue weighted by atomic mass is 10.1. The van der Waals surface area contributed by atoms with E-state index in [-0.39, 0.29) is 11.6 Å². The third-order valence-corrected chi connectivity index (χ3v) is 5.61. The maximum absolute atomic E-state index is 13.9. The molecule has 1 N–H and O–H groups in total. The largest absolute Gasteiger partial charge is 0.336 e. The number of nitrogens with one attached hydrogen (secondary N) is 1. The summed E-state index contributed by atoms with van der Waals surface area (Å²) in [6.45, 7) is 4.97. The van der Waals surface area contributed by atoms with E-state index in [9.17, 15) is 9.65 Å². The topological polar surface area (TPSA) is 66.5 Å². The highest BCUT2D eigenvalue weighted by Gasteiger charge is 2.27. The van der Waals surface area contributed by atoms with Crippen LogP contribution in [0.5, 0.6) is 0 Å². The molecule has 1 fully saturated rings. The molecule has 3 aromatic rings. The molecule has 7 heteroatoms. The van der Waals surface area contributed by atoms with Gasteiger partial charge in [0.1, 0.15) is 17.6 Å². The molecule has 2 aromatic heterocycles. The van der Waals surface area contributed by atoms with Gasteiger partial charge < -0.3 is 9.88 Å². The van der Waals surface area contributed by atoms with Gasteiger partial charge in [-0.2, -0.15) is 5.26 Å². The Labute approximate surface area is 166 Å². The highest BCUT2D eigenvalue weighted by molar-refractivity contribution is 7.17. The SMILES string of the molecule is CC(C)NC(P)c1cnc(-c2c(C#N)c3cc(F)ccc3n2CC2CC2)nc1. The summed E-state index contributed by atoms with van der Waals surface area (Å²) >= 11 is 0. The maximum atomic E-state index is 13.9. The average Bonchev–Trinajstić information content (AvgIpc) is 3.43. The van der Waals surface area contributed by atoms with E-state index in [1.165, 1.54) is 25.0 Å². The molecule has 1 aromatic carbocycles. The number of halogens is 1. The van der Waals surface area contributed by atoms with Crippen molar-refractivity contribution < 1.29 is 4.39 Å². The molecule has 0 amide bonds. The van der Waals surface area contributed by atoms with Crippen LogP contribution in [0.25, 0.3) is 22.4 Å². The zero-order valence-electron chi connectivity index (χ0n) is 16.0. The predicted octanol–water partition coefficient (Wildman–Crippen LogP) is 4.39. The lowest BCUT2D eigenvalue weighted by Crippen LogP contribution is -2.24. The fraction of sp³-hybridized carbons (Fsp3) is 0.381. The quantitative estimate of drug-likeness (QED) is 0.629. The summed E-state index contributed by atoms with van der Waals surface area (Å²) < 4.78 is 15.9. The zero-order chi connectivity index (χ0) is 19.8. The summed E-state index contributed by atoms with van der Waals surface area (Å²) in [4.78, 5) is 9.12. The third-order valence-electron chi connectivity index (χ3n) is 5.03. The molecule has 1 aliphatic carbocycles. The Balaban J connectivity index is 1.82. The van der Waals surface area contributed by atoms with Crippen molar-refractivity contribution in [3.8, 4) is 17.6 Å². The Morgan fingerprint density at radius 2 is 2.04 bits per heavy atom. The molecule has 0 spiro atoms. The predicted molar refractivity (Wildman–Crippen MR) is 111 cm³/mol. The molecule has 4 rings (SSSR count). The van der Waals surface area contributed by atoms with Crippen molar-refractivity contribution in [2.45, 2.75) is 45.1 Å². The van der Waals surface area contributed by atoms with Gasteiger partial charge in [-0.25, -0.2) is 14.4 Å². The Morgan fingerprint density at radius 3 is 2.64 bits per heavy atom. The minimum absolute atomic E-state index is 0.0518. The van der Waals surface area contributed by atoms with E-state index in [1.807, 2.05) is 0 Å². The highest BCUT2D eigenvalue weighted by Crippen LogP contribution is 2.37. The van der Waals surface area contributed by atoms with Crippen LogP contribution in [0.15, 0.2) is 30.6 Å². The van der Waals surface area contributed by atoms with Crippen LogP contribution in [0.4, 0.5) is 4.39 Å². The number of hydrogen-bond acceptors (Lipinski definition) is 4. The molecule has 144 valence electrons. The normalized spacial score (nSPS) is 15.1. The Bertz CT molecular complexity index is 1050. The van der Waals surface area contributed by atoms with Crippen molar-refractivity contribution in [2.75, 3.05) is 0 Å². The summed E-state index contributed by atoms with van der Waals surface area (Å²) in [5.74, 6) is 0.799. The number of aromatic nitrogens is 3. The van der Waals surface area contributed by atoms with Gasteiger partial charge in [-0.05, 0) is 50.8 Å². The molecule has 2 heterocycles. The van der Waals surface area contributed by atoms with Crippen LogP contribution in [-0.2, 0) is 6.54 Å². The van der Waals surface area contributed by atoms with Gasteiger partial charge in [0.25, 0.3) is 0 Å². The van der Waals surface area contributed by atoms with Gasteiger partial charge in [-0.15, -0.1) is 9.24 Å². The number of benzene rings is 1. The van der Waals surface area contributed by atoms with Crippen LogP contribution in [0.2, 0.25) is 0 Å². The molecule has 1 saturated carbocycles. The maximum Gasteiger partial charge on any atom is 0.177 e. The van der Waals surface area contributed by atoms with Crippen LogP contribution in [-0.4, -0.2) is 20.6 Å². The van der Waals surface area contributed by atoms with Crippen molar-refractivity contribution in [2.24, 2.45) is 5.92 Å². The van der Waals surface area contributed by atoms with E-state index in [2.05, 4.69) is 49.0 Å². The first-order valence-electron chi connectivity index (χ1n) is 9.53. The fourth-order valence-electron chi connectivity index (χ4n) is 3.50. The Hall–Kier alpha value is -2.35. The second-order valence-corrected chi connectivity index (χ2v) is 8.36. The van der Waals surface area contributed by atoms with E-state index < -0.39 is 0 Å². The number of hydrogen-bond donors (Lipinski definition) is 1. The summed E-state index contributed by atoms with van der Waals surface area (Å²) in [6, 6.07) is 7.21. The van der Waals surface area contributed by atoms with Crippen molar-refractivity contribution in [3.63, 3.8) is 0 Å². The molecule has 28 heavy (non-hydrogen) atoms. The highest BCUT2D eigenvalue weighted by atomic mass is 31.0. The first-order chi connectivity index (χ1) is 13.5. The smallest absolute Gasteiger partial charge is 0.177 e. The molecule has 5 nitrogen and oxygen atoms in total. The summed E-state index contributed by atoms with van der Waals surface area (Å²) in [5, 5.41) is 13.8. The van der Waals surface area contributed by atoms with Gasteiger partial charge in [-0.1, -0.05) is 0 Å². The van der Waals surface area contributed by atoms with E-state index in [0.29, 0.717) is 34.4 Å². The fourth-order valence-corrected chi connectivity index (χ4v) is 4.05. The molecule has 0 bridgehead atoms. The van der Waals surface area contributed by atoms with E-state index >= 15 is 0 Å². The number of nitriles is 1. The minimum atomic E-state index is -0.346. The molecular formula is C21H23FN5P. The van der Waals surface area contributed by atoms with Crippen LogP contribution >= 0.6 is 9.24 Å². The first kappa shape index (κ1) is 19.0. The first-order valence-corrected chi connectivity index (χ1v) is 10.2. The van der Waals surface area contributed by atoms with E-state index in [4.69, 9.17) is 0 Å². The van der Waals surface area contributed by atoms with Crippen LogP contribution in [0, 0.1) is 23.1 Å². The Kier molecular flexibility index (Phi) is 5.14. The van der Waals surface area contributed by atoms with E-state index in [1.54, 1.807) is 18.5 Å².